The molecule has 0 atom stereocenters. The molecule has 2 aromatic heterocycles. The fourth-order valence-corrected chi connectivity index (χ4v) is 1.96. The number of nitrogen functional groups attached to an aromatic ring is 1. The van der Waals surface area contributed by atoms with Gasteiger partial charge in [-0.1, -0.05) is 12.1 Å². The number of anilines is 2. The van der Waals surface area contributed by atoms with E-state index in [9.17, 15) is 0 Å². The van der Waals surface area contributed by atoms with Crippen LogP contribution in [-0.4, -0.2) is 4.98 Å². The van der Waals surface area contributed by atoms with Crippen LogP contribution in [0.1, 0.15) is 5.76 Å². The summed E-state index contributed by atoms with van der Waals surface area (Å²) in [5.74, 6) is 1.69. The number of nitrogens with one attached hydrogen (secondary N) is 1. The van der Waals surface area contributed by atoms with E-state index in [1.165, 1.54) is 0 Å². The van der Waals surface area contributed by atoms with E-state index in [0.29, 0.717) is 6.54 Å². The molecule has 0 saturated carbocycles. The summed E-state index contributed by atoms with van der Waals surface area (Å²) in [4.78, 5) is 4.34. The number of pyridine rings is 1. The predicted octanol–water partition coefficient (Wildman–Crippen LogP) is 3.02. The summed E-state index contributed by atoms with van der Waals surface area (Å²) in [5.41, 5.74) is 6.70. The normalized spacial score (nSPS) is 10.7. The standard InChI is InChI=1S/C14H13N3O/c15-13-5-1-4-12-11(13)6-7-16-14(12)17-9-10-3-2-8-18-10/h1-8H,9,15H2,(H,16,17). The zero-order chi connectivity index (χ0) is 12.4. The van der Waals surface area contributed by atoms with E-state index in [2.05, 4.69) is 10.3 Å². The first kappa shape index (κ1) is 10.7. The maximum Gasteiger partial charge on any atom is 0.134 e. The van der Waals surface area contributed by atoms with E-state index in [4.69, 9.17) is 10.2 Å². The van der Waals surface area contributed by atoms with E-state index >= 15 is 0 Å². The summed E-state index contributed by atoms with van der Waals surface area (Å²) in [7, 11) is 0. The van der Waals surface area contributed by atoms with Gasteiger partial charge in [-0.15, -0.1) is 0 Å². The molecule has 0 unspecified atom stereocenters. The number of hydrogen-bond donors (Lipinski definition) is 2. The van der Waals surface area contributed by atoms with Gasteiger partial charge in [0.25, 0.3) is 0 Å². The molecule has 4 nitrogen and oxygen atoms in total. The number of fused-ring (bicyclic) bond motifs is 1. The molecule has 3 N–H and O–H groups in total. The minimum atomic E-state index is 0.605. The minimum Gasteiger partial charge on any atom is -0.467 e. The molecule has 0 saturated heterocycles. The van der Waals surface area contributed by atoms with Crippen LogP contribution in [0, 0.1) is 0 Å². The second-order valence-electron chi connectivity index (χ2n) is 4.03. The van der Waals surface area contributed by atoms with Gasteiger partial charge >= 0.3 is 0 Å². The third kappa shape index (κ3) is 1.88. The first-order valence-electron chi connectivity index (χ1n) is 5.74. The van der Waals surface area contributed by atoms with Crippen LogP contribution in [-0.2, 0) is 6.54 Å². The van der Waals surface area contributed by atoms with E-state index in [1.807, 2.05) is 36.4 Å². The van der Waals surface area contributed by atoms with Crippen molar-refractivity contribution in [1.29, 1.82) is 0 Å². The van der Waals surface area contributed by atoms with Crippen LogP contribution in [0.4, 0.5) is 11.5 Å². The Morgan fingerprint density at radius 2 is 2.06 bits per heavy atom. The molecule has 0 radical (unpaired) electrons. The van der Waals surface area contributed by atoms with Crippen molar-refractivity contribution in [3.8, 4) is 0 Å². The van der Waals surface area contributed by atoms with Crippen LogP contribution in [0.25, 0.3) is 10.8 Å². The van der Waals surface area contributed by atoms with Gasteiger partial charge in [0.1, 0.15) is 11.6 Å². The highest BCUT2D eigenvalue weighted by Crippen LogP contribution is 2.25. The van der Waals surface area contributed by atoms with Gasteiger partial charge in [-0.25, -0.2) is 4.98 Å². The number of furan rings is 1. The molecule has 2 heterocycles. The third-order valence-corrected chi connectivity index (χ3v) is 2.85. The second kappa shape index (κ2) is 4.41. The molecule has 0 amide bonds. The Morgan fingerprint density at radius 3 is 2.89 bits per heavy atom. The molecular formula is C14H13N3O. The van der Waals surface area contributed by atoms with E-state index in [0.717, 1.165) is 28.0 Å². The van der Waals surface area contributed by atoms with Crippen LogP contribution < -0.4 is 11.1 Å². The number of hydrogen-bond acceptors (Lipinski definition) is 4. The maximum absolute atomic E-state index is 5.94. The van der Waals surface area contributed by atoms with E-state index in [-0.39, 0.29) is 0 Å². The summed E-state index contributed by atoms with van der Waals surface area (Å²) in [6.45, 7) is 0.605. The number of benzene rings is 1. The lowest BCUT2D eigenvalue weighted by Crippen LogP contribution is -2.01. The van der Waals surface area contributed by atoms with E-state index in [1.54, 1.807) is 12.5 Å². The summed E-state index contributed by atoms with van der Waals surface area (Å²) in [6, 6.07) is 11.5. The van der Waals surface area contributed by atoms with Gasteiger partial charge in [0.05, 0.1) is 12.8 Å². The van der Waals surface area contributed by atoms with Crippen molar-refractivity contribution in [2.75, 3.05) is 11.1 Å². The molecule has 90 valence electrons. The summed E-state index contributed by atoms with van der Waals surface area (Å²) < 4.78 is 5.28. The molecule has 3 aromatic rings. The summed E-state index contributed by atoms with van der Waals surface area (Å²) in [6.07, 6.45) is 3.41. The monoisotopic (exact) mass is 239 g/mol. The summed E-state index contributed by atoms with van der Waals surface area (Å²) in [5, 5.41) is 5.28. The Hall–Kier alpha value is -2.49. The van der Waals surface area contributed by atoms with Gasteiger partial charge < -0.3 is 15.5 Å². The van der Waals surface area contributed by atoms with Crippen LogP contribution >= 0.6 is 0 Å². The Bertz CT molecular complexity index is 662. The fraction of sp³-hybridized carbons (Fsp3) is 0.0714. The van der Waals surface area contributed by atoms with Crippen molar-refractivity contribution >= 4 is 22.3 Å². The van der Waals surface area contributed by atoms with Crippen molar-refractivity contribution < 1.29 is 4.42 Å². The highest BCUT2D eigenvalue weighted by atomic mass is 16.3. The Balaban J connectivity index is 1.94. The van der Waals surface area contributed by atoms with Crippen LogP contribution in [0.5, 0.6) is 0 Å². The third-order valence-electron chi connectivity index (χ3n) is 2.85. The molecule has 0 bridgehead atoms. The molecule has 18 heavy (non-hydrogen) atoms. The smallest absolute Gasteiger partial charge is 0.134 e. The van der Waals surface area contributed by atoms with Gasteiger partial charge in [-0.05, 0) is 24.3 Å². The first-order valence-corrected chi connectivity index (χ1v) is 5.74. The Kier molecular flexibility index (Phi) is 2.61. The second-order valence-corrected chi connectivity index (χ2v) is 4.03. The molecule has 0 aliphatic carbocycles. The SMILES string of the molecule is Nc1cccc2c(NCc3ccco3)nccc12. The molecule has 1 aromatic carbocycles. The van der Waals surface area contributed by atoms with Gasteiger partial charge in [0.15, 0.2) is 0 Å². The summed E-state index contributed by atoms with van der Waals surface area (Å²) >= 11 is 0. The molecule has 0 spiro atoms. The largest absolute Gasteiger partial charge is 0.467 e. The zero-order valence-corrected chi connectivity index (χ0v) is 9.76. The van der Waals surface area contributed by atoms with Gasteiger partial charge in [-0.3, -0.25) is 0 Å². The maximum atomic E-state index is 5.94. The molecule has 0 aliphatic rings. The highest BCUT2D eigenvalue weighted by Gasteiger charge is 2.04. The lowest BCUT2D eigenvalue weighted by atomic mass is 10.1. The number of nitrogens with zero attached hydrogens (tertiary/aromatic N) is 1. The Labute approximate surface area is 104 Å². The van der Waals surface area contributed by atoms with Gasteiger partial charge in [-0.2, -0.15) is 0 Å². The van der Waals surface area contributed by atoms with Crippen molar-refractivity contribution in [3.63, 3.8) is 0 Å². The topological polar surface area (TPSA) is 64.1 Å². The molecule has 3 rings (SSSR count). The Morgan fingerprint density at radius 1 is 1.11 bits per heavy atom. The lowest BCUT2D eigenvalue weighted by molar-refractivity contribution is 0.518. The average molecular weight is 239 g/mol. The molecule has 0 aliphatic heterocycles. The van der Waals surface area contributed by atoms with Gasteiger partial charge in [0.2, 0.25) is 0 Å². The quantitative estimate of drug-likeness (QED) is 0.689. The number of aromatic nitrogens is 1. The van der Waals surface area contributed by atoms with Gasteiger partial charge in [0, 0.05) is 22.7 Å². The molecule has 4 heteroatoms. The van der Waals surface area contributed by atoms with Crippen LogP contribution in [0.2, 0.25) is 0 Å². The zero-order valence-electron chi connectivity index (χ0n) is 9.76. The minimum absolute atomic E-state index is 0.605. The molecular weight excluding hydrogens is 226 g/mol. The van der Waals surface area contributed by atoms with Crippen molar-refractivity contribution in [2.45, 2.75) is 6.54 Å². The fourth-order valence-electron chi connectivity index (χ4n) is 1.96. The number of nitrogens with two attached hydrogens (primary N) is 1. The highest BCUT2D eigenvalue weighted by molar-refractivity contribution is 5.99. The van der Waals surface area contributed by atoms with E-state index < -0.39 is 0 Å². The molecule has 0 fully saturated rings. The van der Waals surface area contributed by atoms with Crippen LogP contribution in [0.3, 0.4) is 0 Å². The lowest BCUT2D eigenvalue weighted by Gasteiger charge is -2.08. The van der Waals surface area contributed by atoms with Crippen molar-refractivity contribution in [1.82, 2.24) is 4.98 Å². The number of rotatable bonds is 3. The van der Waals surface area contributed by atoms with Crippen molar-refractivity contribution in [3.05, 3.63) is 54.6 Å². The predicted molar refractivity (Wildman–Crippen MR) is 72.2 cm³/mol. The van der Waals surface area contributed by atoms with Crippen LogP contribution in [0.15, 0.2) is 53.3 Å². The average Bonchev–Trinajstić information content (AvgIpc) is 2.90. The first-order chi connectivity index (χ1) is 8.84. The van der Waals surface area contributed by atoms with Crippen molar-refractivity contribution in [2.24, 2.45) is 0 Å².